The van der Waals surface area contributed by atoms with Crippen LogP contribution in [0.25, 0.3) is 16.1 Å². The molecule has 0 N–H and O–H groups in total. The molecule has 136 valence electrons. The number of methoxy groups -OCH3 is 1. The van der Waals surface area contributed by atoms with E-state index in [0.29, 0.717) is 16.5 Å². The maximum atomic E-state index is 12.2. The van der Waals surface area contributed by atoms with Crippen molar-refractivity contribution in [2.45, 2.75) is 13.5 Å². The molecule has 27 heavy (non-hydrogen) atoms. The number of hydrogen-bond donors (Lipinski definition) is 0. The van der Waals surface area contributed by atoms with Gasteiger partial charge < -0.3 is 9.47 Å². The van der Waals surface area contributed by atoms with Crippen LogP contribution in [-0.2, 0) is 11.3 Å². The number of thiazole rings is 1. The summed E-state index contributed by atoms with van der Waals surface area (Å²) in [5.74, 6) is -0.184. The summed E-state index contributed by atoms with van der Waals surface area (Å²) in [6.45, 7) is 2.24. The maximum absolute atomic E-state index is 12.2. The van der Waals surface area contributed by atoms with Gasteiger partial charge >= 0.3 is 5.97 Å². The third-order valence-electron chi connectivity index (χ3n) is 4.11. The zero-order chi connectivity index (χ0) is 18.8. The number of hydrogen-bond acceptors (Lipinski definition) is 6. The smallest absolute Gasteiger partial charge is 0.353 e. The molecule has 1 aromatic carbocycles. The highest BCUT2D eigenvalue weighted by atomic mass is 32.1. The van der Waals surface area contributed by atoms with Crippen LogP contribution >= 0.6 is 11.3 Å². The monoisotopic (exact) mass is 379 g/mol. The third-order valence-corrected chi connectivity index (χ3v) is 5.15. The van der Waals surface area contributed by atoms with Gasteiger partial charge in [0.2, 0.25) is 5.88 Å². The molecule has 3 aromatic heterocycles. The van der Waals surface area contributed by atoms with Crippen LogP contribution in [0.5, 0.6) is 5.88 Å². The second-order valence-corrected chi connectivity index (χ2v) is 6.91. The molecule has 7 heteroatoms. The number of carbonyl (C=O) groups is 1. The van der Waals surface area contributed by atoms with Gasteiger partial charge in [-0.25, -0.2) is 14.3 Å². The van der Waals surface area contributed by atoms with Crippen molar-refractivity contribution in [3.8, 4) is 16.5 Å². The maximum Gasteiger partial charge on any atom is 0.353 e. The minimum atomic E-state index is -0.462. The molecule has 0 aliphatic heterocycles. The molecule has 0 aliphatic carbocycles. The van der Waals surface area contributed by atoms with Gasteiger partial charge in [-0.3, -0.25) is 0 Å². The van der Waals surface area contributed by atoms with Crippen LogP contribution < -0.4 is 4.74 Å². The molecular weight excluding hydrogens is 362 g/mol. The van der Waals surface area contributed by atoms with Crippen LogP contribution in [0.4, 0.5) is 0 Å². The van der Waals surface area contributed by atoms with Crippen LogP contribution in [-0.4, -0.2) is 27.7 Å². The van der Waals surface area contributed by atoms with Crippen molar-refractivity contribution in [3.05, 3.63) is 70.9 Å². The highest BCUT2D eigenvalue weighted by Crippen LogP contribution is 2.37. The molecule has 0 saturated carbocycles. The van der Waals surface area contributed by atoms with Gasteiger partial charge in [0, 0.05) is 6.20 Å². The van der Waals surface area contributed by atoms with Gasteiger partial charge in [0.05, 0.1) is 23.9 Å². The Bertz CT molecular complexity index is 1100. The van der Waals surface area contributed by atoms with Gasteiger partial charge in [-0.05, 0) is 24.6 Å². The Morgan fingerprint density at radius 2 is 1.93 bits per heavy atom. The molecule has 0 fully saturated rings. The van der Waals surface area contributed by atoms with Crippen LogP contribution in [0.15, 0.2) is 54.7 Å². The molecule has 3 heterocycles. The minimum absolute atomic E-state index is 0.278. The van der Waals surface area contributed by atoms with Crippen molar-refractivity contribution in [1.82, 2.24) is 14.6 Å². The van der Waals surface area contributed by atoms with Crippen molar-refractivity contribution in [2.75, 3.05) is 7.11 Å². The highest BCUT2D eigenvalue weighted by Gasteiger charge is 2.24. The van der Waals surface area contributed by atoms with E-state index in [-0.39, 0.29) is 5.88 Å². The Morgan fingerprint density at radius 1 is 1.15 bits per heavy atom. The van der Waals surface area contributed by atoms with Crippen molar-refractivity contribution in [1.29, 1.82) is 0 Å². The summed E-state index contributed by atoms with van der Waals surface area (Å²) in [6.07, 6.45) is 1.88. The topological polar surface area (TPSA) is 65.7 Å². The molecule has 0 radical (unpaired) electrons. The highest BCUT2D eigenvalue weighted by molar-refractivity contribution is 7.17. The van der Waals surface area contributed by atoms with Crippen LogP contribution in [0.2, 0.25) is 0 Å². The van der Waals surface area contributed by atoms with E-state index in [1.54, 1.807) is 4.52 Å². The Hall–Kier alpha value is -3.19. The molecular formula is C20H17N3O3S. The van der Waals surface area contributed by atoms with Gasteiger partial charge in [-0.15, -0.1) is 11.3 Å². The van der Waals surface area contributed by atoms with E-state index in [9.17, 15) is 4.79 Å². The lowest BCUT2D eigenvalue weighted by atomic mass is 10.2. The summed E-state index contributed by atoms with van der Waals surface area (Å²) < 4.78 is 12.6. The zero-order valence-corrected chi connectivity index (χ0v) is 15.7. The summed E-state index contributed by atoms with van der Waals surface area (Å²) in [6, 6.07) is 15.6. The summed E-state index contributed by atoms with van der Waals surface area (Å²) in [5.41, 5.74) is 3.64. The summed E-state index contributed by atoms with van der Waals surface area (Å²) in [5, 5.41) is 5.19. The molecule has 6 nitrogen and oxygen atoms in total. The molecule has 4 aromatic rings. The molecule has 0 amide bonds. The lowest BCUT2D eigenvalue weighted by molar-refractivity contribution is 0.0601. The number of ether oxygens (including phenoxy) is 2. The lowest BCUT2D eigenvalue weighted by Gasteiger charge is -2.04. The fourth-order valence-electron chi connectivity index (χ4n) is 2.84. The first-order valence-electron chi connectivity index (χ1n) is 8.37. The van der Waals surface area contributed by atoms with E-state index in [1.165, 1.54) is 18.4 Å². The predicted molar refractivity (Wildman–Crippen MR) is 103 cm³/mol. The van der Waals surface area contributed by atoms with Gasteiger partial charge in [0.1, 0.15) is 11.6 Å². The number of aromatic nitrogens is 3. The lowest BCUT2D eigenvalue weighted by Crippen LogP contribution is -2.03. The van der Waals surface area contributed by atoms with Crippen molar-refractivity contribution in [3.63, 3.8) is 0 Å². The normalized spacial score (nSPS) is 10.9. The average Bonchev–Trinajstić information content (AvgIpc) is 3.26. The predicted octanol–water partition coefficient (Wildman–Crippen LogP) is 4.13. The van der Waals surface area contributed by atoms with Crippen LogP contribution in [0.3, 0.4) is 0 Å². The van der Waals surface area contributed by atoms with E-state index in [1.807, 2.05) is 61.7 Å². The van der Waals surface area contributed by atoms with E-state index < -0.39 is 5.97 Å². The van der Waals surface area contributed by atoms with Crippen LogP contribution in [0.1, 0.15) is 20.9 Å². The van der Waals surface area contributed by atoms with Crippen molar-refractivity contribution in [2.24, 2.45) is 0 Å². The standard InChI is InChI=1S/C20H17N3O3S/c1-13-16(15-10-6-7-11-23(15)22-13)19-21-18(17(27-19)20(24)25-2)26-12-14-8-4-3-5-9-14/h3-11H,12H2,1-2H3. The SMILES string of the molecule is COC(=O)c1sc(-c2c(C)nn3ccccc23)nc1OCc1ccccc1. The number of benzene rings is 1. The number of carbonyl (C=O) groups excluding carboxylic acids is 1. The van der Waals surface area contributed by atoms with E-state index >= 15 is 0 Å². The minimum Gasteiger partial charge on any atom is -0.472 e. The molecule has 0 atom stereocenters. The molecule has 0 aliphatic rings. The first-order valence-corrected chi connectivity index (χ1v) is 9.19. The van der Waals surface area contributed by atoms with E-state index in [4.69, 9.17) is 9.47 Å². The quantitative estimate of drug-likeness (QED) is 0.488. The fourth-order valence-corrected chi connectivity index (χ4v) is 3.87. The second kappa shape index (κ2) is 7.20. The Labute approximate surface area is 160 Å². The van der Waals surface area contributed by atoms with E-state index in [0.717, 1.165) is 22.3 Å². The van der Waals surface area contributed by atoms with Gasteiger partial charge in [-0.2, -0.15) is 5.10 Å². The molecule has 0 unspecified atom stereocenters. The third kappa shape index (κ3) is 3.29. The Morgan fingerprint density at radius 3 is 2.70 bits per heavy atom. The second-order valence-electron chi connectivity index (χ2n) is 5.91. The van der Waals surface area contributed by atoms with Crippen molar-refractivity contribution < 1.29 is 14.3 Å². The first kappa shape index (κ1) is 17.2. The molecule has 0 spiro atoms. The fraction of sp³-hybridized carbons (Fsp3) is 0.150. The largest absolute Gasteiger partial charge is 0.472 e. The molecule has 4 rings (SSSR count). The number of nitrogens with zero attached hydrogens (tertiary/aromatic N) is 3. The first-order chi connectivity index (χ1) is 13.2. The van der Waals surface area contributed by atoms with Crippen LogP contribution in [0, 0.1) is 6.92 Å². The Balaban J connectivity index is 1.75. The van der Waals surface area contributed by atoms with Crippen molar-refractivity contribution >= 4 is 22.8 Å². The summed E-state index contributed by atoms with van der Waals surface area (Å²) in [4.78, 5) is 17.2. The van der Waals surface area contributed by atoms with Gasteiger partial charge in [0.15, 0.2) is 4.88 Å². The Kier molecular flexibility index (Phi) is 4.60. The van der Waals surface area contributed by atoms with Gasteiger partial charge in [-0.1, -0.05) is 36.4 Å². The summed E-state index contributed by atoms with van der Waals surface area (Å²) in [7, 11) is 1.35. The number of aryl methyl sites for hydroxylation is 1. The number of esters is 1. The number of rotatable bonds is 5. The zero-order valence-electron chi connectivity index (χ0n) is 14.9. The van der Waals surface area contributed by atoms with Gasteiger partial charge in [0.25, 0.3) is 0 Å². The molecule has 0 saturated heterocycles. The van der Waals surface area contributed by atoms with E-state index in [2.05, 4.69) is 10.1 Å². The molecule has 0 bridgehead atoms. The number of fused-ring (bicyclic) bond motifs is 1. The number of pyridine rings is 1. The average molecular weight is 379 g/mol. The summed E-state index contributed by atoms with van der Waals surface area (Å²) >= 11 is 1.25.